The number of nitrogens with one attached hydrogen (secondary N) is 1. The molecule has 0 aromatic rings. The van der Waals surface area contributed by atoms with Crippen molar-refractivity contribution in [2.45, 2.75) is 39.7 Å². The molecule has 1 heterocycles. The number of carbonyl (C=O) groups is 1. The van der Waals surface area contributed by atoms with Crippen LogP contribution in [0.5, 0.6) is 0 Å². The molecule has 1 saturated heterocycles. The number of rotatable bonds is 5. The lowest BCUT2D eigenvalue weighted by Gasteiger charge is -2.33. The average Bonchev–Trinajstić information content (AvgIpc) is 2.27. The fourth-order valence-corrected chi connectivity index (χ4v) is 2.38. The van der Waals surface area contributed by atoms with Crippen molar-refractivity contribution >= 4 is 5.91 Å². The molecule has 1 rings (SSSR count). The molecule has 0 bridgehead atoms. The number of piperidine rings is 1. The van der Waals surface area contributed by atoms with Gasteiger partial charge in [-0.3, -0.25) is 4.79 Å². The molecule has 1 aliphatic rings. The minimum absolute atomic E-state index is 0.0741. The molecular formula is C13H27N3O. The molecule has 0 aliphatic carbocycles. The second-order valence-electron chi connectivity index (χ2n) is 5.55. The molecule has 100 valence electrons. The summed E-state index contributed by atoms with van der Waals surface area (Å²) in [5, 5.41) is 3.03. The summed E-state index contributed by atoms with van der Waals surface area (Å²) in [6.45, 7) is 9.92. The van der Waals surface area contributed by atoms with Crippen LogP contribution in [0.25, 0.3) is 0 Å². The Hall–Kier alpha value is -0.610. The van der Waals surface area contributed by atoms with Crippen molar-refractivity contribution in [2.75, 3.05) is 26.2 Å². The highest BCUT2D eigenvalue weighted by Crippen LogP contribution is 2.15. The van der Waals surface area contributed by atoms with Crippen LogP contribution in [0.1, 0.15) is 33.6 Å². The Morgan fingerprint density at radius 1 is 1.53 bits per heavy atom. The van der Waals surface area contributed by atoms with E-state index in [9.17, 15) is 4.79 Å². The molecule has 1 amide bonds. The third-order valence-electron chi connectivity index (χ3n) is 3.46. The fourth-order valence-electron chi connectivity index (χ4n) is 2.38. The van der Waals surface area contributed by atoms with Gasteiger partial charge in [-0.15, -0.1) is 0 Å². The Balaban J connectivity index is 2.28. The van der Waals surface area contributed by atoms with Crippen LogP contribution in [-0.4, -0.2) is 43.0 Å². The van der Waals surface area contributed by atoms with Crippen molar-refractivity contribution in [3.63, 3.8) is 0 Å². The molecule has 3 unspecified atom stereocenters. The highest BCUT2D eigenvalue weighted by atomic mass is 16.1. The first-order valence-corrected chi connectivity index (χ1v) is 6.75. The molecule has 0 aromatic carbocycles. The monoisotopic (exact) mass is 241 g/mol. The number of likely N-dealkylation sites (tertiary alicyclic amines) is 1. The molecule has 3 atom stereocenters. The highest BCUT2D eigenvalue weighted by Gasteiger charge is 2.19. The normalized spacial score (nSPS) is 25.3. The molecule has 1 aliphatic heterocycles. The topological polar surface area (TPSA) is 58.4 Å². The lowest BCUT2D eigenvalue weighted by molar-refractivity contribution is -0.124. The minimum atomic E-state index is -0.0854. The SMILES string of the molecule is CC1CCCN(CC(C)NC(=O)C(C)CN)C1. The van der Waals surface area contributed by atoms with Crippen molar-refractivity contribution in [3.8, 4) is 0 Å². The van der Waals surface area contributed by atoms with E-state index in [0.717, 1.165) is 25.6 Å². The van der Waals surface area contributed by atoms with E-state index in [0.29, 0.717) is 6.54 Å². The van der Waals surface area contributed by atoms with E-state index in [1.165, 1.54) is 12.8 Å². The van der Waals surface area contributed by atoms with E-state index in [4.69, 9.17) is 5.73 Å². The van der Waals surface area contributed by atoms with Crippen molar-refractivity contribution in [2.24, 2.45) is 17.6 Å². The summed E-state index contributed by atoms with van der Waals surface area (Å²) in [5.74, 6) is 0.775. The Labute approximate surface area is 105 Å². The highest BCUT2D eigenvalue weighted by molar-refractivity contribution is 5.78. The maximum absolute atomic E-state index is 11.7. The fraction of sp³-hybridized carbons (Fsp3) is 0.923. The van der Waals surface area contributed by atoms with Gasteiger partial charge in [0, 0.05) is 31.6 Å². The summed E-state index contributed by atoms with van der Waals surface area (Å²) < 4.78 is 0. The Kier molecular flexibility index (Phi) is 5.92. The van der Waals surface area contributed by atoms with E-state index in [1.54, 1.807) is 0 Å². The second-order valence-corrected chi connectivity index (χ2v) is 5.55. The molecule has 0 radical (unpaired) electrons. The van der Waals surface area contributed by atoms with Crippen molar-refractivity contribution < 1.29 is 4.79 Å². The number of amides is 1. The summed E-state index contributed by atoms with van der Waals surface area (Å²) >= 11 is 0. The number of hydrogen-bond donors (Lipinski definition) is 2. The first kappa shape index (κ1) is 14.5. The molecule has 17 heavy (non-hydrogen) atoms. The molecule has 0 spiro atoms. The van der Waals surface area contributed by atoms with Crippen LogP contribution >= 0.6 is 0 Å². The summed E-state index contributed by atoms with van der Waals surface area (Å²) in [4.78, 5) is 14.1. The predicted octanol–water partition coefficient (Wildman–Crippen LogP) is 0.818. The summed E-state index contributed by atoms with van der Waals surface area (Å²) in [7, 11) is 0. The van der Waals surface area contributed by atoms with Gasteiger partial charge in [0.05, 0.1) is 0 Å². The van der Waals surface area contributed by atoms with Crippen LogP contribution < -0.4 is 11.1 Å². The number of hydrogen-bond acceptors (Lipinski definition) is 3. The number of nitrogens with two attached hydrogens (primary N) is 1. The van der Waals surface area contributed by atoms with E-state index < -0.39 is 0 Å². The Morgan fingerprint density at radius 2 is 2.24 bits per heavy atom. The van der Waals surface area contributed by atoms with Gasteiger partial charge in [0.1, 0.15) is 0 Å². The van der Waals surface area contributed by atoms with E-state index >= 15 is 0 Å². The van der Waals surface area contributed by atoms with Gasteiger partial charge >= 0.3 is 0 Å². The van der Waals surface area contributed by atoms with Crippen LogP contribution in [0.2, 0.25) is 0 Å². The van der Waals surface area contributed by atoms with Crippen LogP contribution in [0, 0.1) is 11.8 Å². The maximum atomic E-state index is 11.7. The molecule has 0 saturated carbocycles. The van der Waals surface area contributed by atoms with Gasteiger partial charge in [-0.25, -0.2) is 0 Å². The Morgan fingerprint density at radius 3 is 2.82 bits per heavy atom. The van der Waals surface area contributed by atoms with Crippen LogP contribution in [0.15, 0.2) is 0 Å². The predicted molar refractivity (Wildman–Crippen MR) is 70.7 cm³/mol. The lowest BCUT2D eigenvalue weighted by atomic mass is 10.00. The largest absolute Gasteiger partial charge is 0.352 e. The van der Waals surface area contributed by atoms with Gasteiger partial charge in [-0.05, 0) is 32.2 Å². The Bertz CT molecular complexity index is 245. The molecule has 4 nitrogen and oxygen atoms in total. The van der Waals surface area contributed by atoms with Crippen molar-refractivity contribution in [1.29, 1.82) is 0 Å². The second kappa shape index (κ2) is 6.97. The van der Waals surface area contributed by atoms with Gasteiger partial charge in [0.25, 0.3) is 0 Å². The maximum Gasteiger partial charge on any atom is 0.224 e. The standard InChI is InChI=1S/C13H27N3O/c1-10-5-4-6-16(8-10)9-12(3)15-13(17)11(2)7-14/h10-12H,4-9,14H2,1-3H3,(H,15,17). The average molecular weight is 241 g/mol. The quantitative estimate of drug-likeness (QED) is 0.749. The van der Waals surface area contributed by atoms with Crippen molar-refractivity contribution in [3.05, 3.63) is 0 Å². The molecule has 3 N–H and O–H groups in total. The van der Waals surface area contributed by atoms with Crippen molar-refractivity contribution in [1.82, 2.24) is 10.2 Å². The van der Waals surface area contributed by atoms with E-state index in [2.05, 4.69) is 24.1 Å². The minimum Gasteiger partial charge on any atom is -0.352 e. The molecule has 0 aromatic heterocycles. The lowest BCUT2D eigenvalue weighted by Crippen LogP contribution is -2.47. The van der Waals surface area contributed by atoms with Gasteiger partial charge in [-0.1, -0.05) is 13.8 Å². The zero-order valence-electron chi connectivity index (χ0n) is 11.4. The van der Waals surface area contributed by atoms with E-state index in [1.807, 2.05) is 6.92 Å². The first-order valence-electron chi connectivity index (χ1n) is 6.75. The summed E-state index contributed by atoms with van der Waals surface area (Å²) in [6, 6.07) is 0.210. The summed E-state index contributed by atoms with van der Waals surface area (Å²) in [5.41, 5.74) is 5.48. The molecular weight excluding hydrogens is 214 g/mol. The van der Waals surface area contributed by atoms with Gasteiger partial charge in [-0.2, -0.15) is 0 Å². The third kappa shape index (κ3) is 5.04. The van der Waals surface area contributed by atoms with Crippen LogP contribution in [-0.2, 0) is 4.79 Å². The zero-order chi connectivity index (χ0) is 12.8. The third-order valence-corrected chi connectivity index (χ3v) is 3.46. The van der Waals surface area contributed by atoms with Crippen LogP contribution in [0.3, 0.4) is 0 Å². The molecule has 1 fully saturated rings. The number of nitrogens with zero attached hydrogens (tertiary/aromatic N) is 1. The number of carbonyl (C=O) groups excluding carboxylic acids is 1. The van der Waals surface area contributed by atoms with Gasteiger partial charge in [0.15, 0.2) is 0 Å². The van der Waals surface area contributed by atoms with Crippen LogP contribution in [0.4, 0.5) is 0 Å². The smallest absolute Gasteiger partial charge is 0.224 e. The van der Waals surface area contributed by atoms with Gasteiger partial charge in [0.2, 0.25) is 5.91 Å². The zero-order valence-corrected chi connectivity index (χ0v) is 11.4. The summed E-state index contributed by atoms with van der Waals surface area (Å²) in [6.07, 6.45) is 2.61. The molecule has 4 heteroatoms. The van der Waals surface area contributed by atoms with E-state index in [-0.39, 0.29) is 17.9 Å². The van der Waals surface area contributed by atoms with Gasteiger partial charge < -0.3 is 16.0 Å². The first-order chi connectivity index (χ1) is 8.02.